The predicted octanol–water partition coefficient (Wildman–Crippen LogP) is 6.90. The first-order valence-corrected chi connectivity index (χ1v) is 19.4. The average Bonchev–Trinajstić information content (AvgIpc) is 3.27. The van der Waals surface area contributed by atoms with E-state index in [1.165, 1.54) is 40.6 Å². The van der Waals surface area contributed by atoms with E-state index in [-0.39, 0.29) is 55.3 Å². The minimum absolute atomic E-state index is 0.161. The van der Waals surface area contributed by atoms with Crippen LogP contribution in [-0.4, -0.2) is 89.0 Å². The molecule has 0 spiro atoms. The van der Waals surface area contributed by atoms with Crippen LogP contribution in [0.4, 0.5) is 0 Å². The molecule has 5 rings (SSSR count). The third-order valence-electron chi connectivity index (χ3n) is 10.3. The maximum Gasteiger partial charge on any atom is 0.343 e. The van der Waals surface area contributed by atoms with Crippen molar-refractivity contribution < 1.29 is 67.3 Å². The predicted molar refractivity (Wildman–Crippen MR) is 226 cm³/mol. The van der Waals surface area contributed by atoms with E-state index in [0.717, 1.165) is 38.9 Å². The molecule has 5 aromatic rings. The summed E-state index contributed by atoms with van der Waals surface area (Å²) >= 11 is 0. The number of aromatic hydroxyl groups is 2. The zero-order valence-corrected chi connectivity index (χ0v) is 35.9. The van der Waals surface area contributed by atoms with Gasteiger partial charge < -0.3 is 48.1 Å². The minimum atomic E-state index is -0.739. The van der Waals surface area contributed by atoms with Gasteiger partial charge in [0.2, 0.25) is 0 Å². The van der Waals surface area contributed by atoms with Gasteiger partial charge in [0.1, 0.15) is 34.5 Å². The van der Waals surface area contributed by atoms with Crippen molar-refractivity contribution in [2.75, 3.05) is 54.9 Å². The number of phenols is 2. The lowest BCUT2D eigenvalue weighted by atomic mass is 9.78. The van der Waals surface area contributed by atoms with Crippen LogP contribution in [0.15, 0.2) is 84.9 Å². The van der Waals surface area contributed by atoms with Crippen LogP contribution in [0, 0.1) is 27.7 Å². The highest BCUT2D eigenvalue weighted by Crippen LogP contribution is 2.45. The van der Waals surface area contributed by atoms with Gasteiger partial charge in [-0.2, -0.15) is 0 Å². The van der Waals surface area contributed by atoms with Crippen LogP contribution < -0.4 is 18.9 Å². The smallest absolute Gasteiger partial charge is 0.343 e. The second-order valence-corrected chi connectivity index (χ2v) is 14.4. The zero-order chi connectivity index (χ0) is 45.1. The fourth-order valence-electron chi connectivity index (χ4n) is 7.00. The third-order valence-corrected chi connectivity index (χ3v) is 10.3. The van der Waals surface area contributed by atoms with Gasteiger partial charge in [0, 0.05) is 35.1 Å². The van der Waals surface area contributed by atoms with E-state index < -0.39 is 29.8 Å². The molecule has 0 saturated carbocycles. The molecule has 14 heteroatoms. The van der Waals surface area contributed by atoms with E-state index in [4.69, 9.17) is 28.4 Å². The van der Waals surface area contributed by atoms with E-state index in [1.54, 1.807) is 24.3 Å². The summed E-state index contributed by atoms with van der Waals surface area (Å²) in [5.41, 5.74) is 7.74. The molecule has 0 radical (unpaired) electrons. The van der Waals surface area contributed by atoms with Gasteiger partial charge >= 0.3 is 23.9 Å². The van der Waals surface area contributed by atoms with Gasteiger partial charge in [0.15, 0.2) is 26.4 Å². The Bertz CT molecular complexity index is 2280. The normalized spacial score (nSPS) is 10.9. The number of phenolic OH excluding ortho intramolecular Hbond substituents is 2. The molecule has 0 aliphatic rings. The summed E-state index contributed by atoms with van der Waals surface area (Å²) in [6.45, 7) is 6.53. The number of benzene rings is 5. The van der Waals surface area contributed by atoms with Crippen molar-refractivity contribution in [2.45, 2.75) is 39.5 Å². The van der Waals surface area contributed by atoms with E-state index in [0.29, 0.717) is 28.2 Å². The molecule has 2 N–H and O–H groups in total. The van der Waals surface area contributed by atoms with Crippen LogP contribution >= 0.6 is 0 Å². The minimum Gasteiger partial charge on any atom is -0.507 e. The Morgan fingerprint density at radius 3 is 1.06 bits per heavy atom. The molecular weight excluding hydrogens is 801 g/mol. The van der Waals surface area contributed by atoms with Gasteiger partial charge in [-0.1, -0.05) is 48.5 Å². The molecule has 0 aliphatic carbocycles. The fraction of sp³-hybridized carbons (Fsp3) is 0.292. The molecule has 0 atom stereocenters. The Hall–Kier alpha value is -7.22. The lowest BCUT2D eigenvalue weighted by Crippen LogP contribution is -2.15. The van der Waals surface area contributed by atoms with Crippen LogP contribution in [0.5, 0.6) is 34.5 Å². The molecule has 0 heterocycles. The Balaban J connectivity index is 1.64. The fourth-order valence-corrected chi connectivity index (χ4v) is 7.00. The first-order chi connectivity index (χ1) is 29.7. The highest BCUT2D eigenvalue weighted by Gasteiger charge is 2.27. The van der Waals surface area contributed by atoms with Crippen LogP contribution in [0.3, 0.4) is 0 Å². The van der Waals surface area contributed by atoms with Crippen molar-refractivity contribution in [3.63, 3.8) is 0 Å². The van der Waals surface area contributed by atoms with Crippen molar-refractivity contribution in [1.29, 1.82) is 0 Å². The summed E-state index contributed by atoms with van der Waals surface area (Å²) < 4.78 is 41.6. The molecule has 0 saturated heterocycles. The van der Waals surface area contributed by atoms with Crippen LogP contribution in [0.2, 0.25) is 0 Å². The molecule has 5 aromatic carbocycles. The maximum absolute atomic E-state index is 11.9. The number of aryl methyl sites for hydroxylation is 4. The Morgan fingerprint density at radius 2 is 0.742 bits per heavy atom. The molecule has 0 amide bonds. The lowest BCUT2D eigenvalue weighted by Gasteiger charge is -2.26. The highest BCUT2D eigenvalue weighted by atomic mass is 16.6. The molecule has 0 fully saturated rings. The Morgan fingerprint density at radius 1 is 0.419 bits per heavy atom. The summed E-state index contributed by atoms with van der Waals surface area (Å²) in [5.74, 6) is -2.07. The SMILES string of the molecule is COC(=O)COc1ccc(C(c2ccc(C(c3cc(C)c(OCC(=O)OC)cc3C)c3cc(C)c(OCC(=O)OC)cc3C)cc2)c2ccc(OCC(=O)OC)cc2O)c(O)c1. The van der Waals surface area contributed by atoms with Gasteiger partial charge in [0.25, 0.3) is 0 Å². The van der Waals surface area contributed by atoms with Gasteiger partial charge in [-0.3, -0.25) is 0 Å². The van der Waals surface area contributed by atoms with Crippen molar-refractivity contribution in [3.05, 3.63) is 141 Å². The summed E-state index contributed by atoms with van der Waals surface area (Å²) in [5, 5.41) is 22.9. The molecular formula is C48H50O14. The number of rotatable bonds is 18. The number of carbonyl (C=O) groups is 4. The van der Waals surface area contributed by atoms with Crippen molar-refractivity contribution in [3.8, 4) is 34.5 Å². The molecule has 62 heavy (non-hydrogen) atoms. The maximum atomic E-state index is 11.9. The monoisotopic (exact) mass is 850 g/mol. The lowest BCUT2D eigenvalue weighted by molar-refractivity contribution is -0.143. The number of methoxy groups -OCH3 is 4. The first kappa shape index (κ1) is 45.9. The zero-order valence-electron chi connectivity index (χ0n) is 35.9. The Kier molecular flexibility index (Phi) is 15.4. The number of hydrogen-bond acceptors (Lipinski definition) is 14. The second-order valence-electron chi connectivity index (χ2n) is 14.4. The highest BCUT2D eigenvalue weighted by molar-refractivity contribution is 5.72. The summed E-state index contributed by atoms with van der Waals surface area (Å²) in [6, 6.07) is 24.9. The molecule has 0 bridgehead atoms. The molecule has 0 aromatic heterocycles. The van der Waals surface area contributed by atoms with Gasteiger partial charge in [-0.15, -0.1) is 0 Å². The molecule has 0 unspecified atom stereocenters. The number of hydrogen-bond donors (Lipinski definition) is 2. The quantitative estimate of drug-likeness (QED) is 0.0528. The molecule has 326 valence electrons. The summed E-state index contributed by atoms with van der Waals surface area (Å²) in [6.07, 6.45) is 0. The standard InChI is InChI=1S/C48H50O14/c1-27-19-41(61-25-45(53)57-7)29(3)17-37(27)48(38-18-30(4)42(20-28(38)2)62-26-46(54)58-8)32-11-9-31(10-12-32)47(35-15-13-33(21-39(35)49)59-23-43(51)55-5)36-16-14-34(22-40(36)50)60-24-44(52)56-6/h9-22,47-50H,23-26H2,1-8H3. The van der Waals surface area contributed by atoms with Crippen LogP contribution in [0.25, 0.3) is 0 Å². The van der Waals surface area contributed by atoms with Gasteiger partial charge in [-0.25, -0.2) is 19.2 Å². The van der Waals surface area contributed by atoms with Crippen molar-refractivity contribution in [2.24, 2.45) is 0 Å². The van der Waals surface area contributed by atoms with Crippen LogP contribution in [0.1, 0.15) is 67.5 Å². The van der Waals surface area contributed by atoms with E-state index in [9.17, 15) is 29.4 Å². The van der Waals surface area contributed by atoms with Gasteiger partial charge in [-0.05, 0) is 96.5 Å². The first-order valence-electron chi connectivity index (χ1n) is 19.4. The topological polar surface area (TPSA) is 183 Å². The number of ether oxygens (including phenoxy) is 8. The molecule has 0 aliphatic heterocycles. The van der Waals surface area contributed by atoms with Crippen molar-refractivity contribution in [1.82, 2.24) is 0 Å². The van der Waals surface area contributed by atoms with E-state index in [2.05, 4.69) is 9.47 Å². The summed E-state index contributed by atoms with van der Waals surface area (Å²) in [4.78, 5) is 47.3. The number of esters is 4. The average molecular weight is 851 g/mol. The van der Waals surface area contributed by atoms with Crippen molar-refractivity contribution >= 4 is 23.9 Å². The van der Waals surface area contributed by atoms with E-state index >= 15 is 0 Å². The third kappa shape index (κ3) is 11.1. The second kappa shape index (κ2) is 20.8. The van der Waals surface area contributed by atoms with E-state index in [1.807, 2.05) is 76.2 Å². The van der Waals surface area contributed by atoms with Crippen LogP contribution in [-0.2, 0) is 38.1 Å². The van der Waals surface area contributed by atoms with Gasteiger partial charge in [0.05, 0.1) is 28.4 Å². The number of carbonyl (C=O) groups excluding carboxylic acids is 4. The largest absolute Gasteiger partial charge is 0.507 e. The Labute approximate surface area is 359 Å². The summed E-state index contributed by atoms with van der Waals surface area (Å²) in [7, 11) is 5.09. The molecule has 14 nitrogen and oxygen atoms in total.